The quantitative estimate of drug-likeness (QED) is 0.735. The number of nitrogens with one attached hydrogen (secondary N) is 1. The highest BCUT2D eigenvalue weighted by Crippen LogP contribution is 2.36. The van der Waals surface area contributed by atoms with Gasteiger partial charge in [-0.25, -0.2) is 14.8 Å². The van der Waals surface area contributed by atoms with Gasteiger partial charge < -0.3 is 15.2 Å². The Hall–Kier alpha value is -2.06. The molecule has 0 aromatic heterocycles. The standard InChI is InChI=1S/C15H20ClN3O5/c1-5-8(13(21)22)11-9(16)6-18-7-10(12(20)19(11)18)17-14(23)24-15(2,3)4/h5,8,10H,1,6-7H2,2-4H3,(H,17,23)(H,21,22)/t8?,10-/m0/s1. The van der Waals surface area contributed by atoms with Crippen LogP contribution in [0.4, 0.5) is 4.79 Å². The van der Waals surface area contributed by atoms with Crippen LogP contribution in [0.15, 0.2) is 23.4 Å². The van der Waals surface area contributed by atoms with Gasteiger partial charge in [0, 0.05) is 6.54 Å². The summed E-state index contributed by atoms with van der Waals surface area (Å²) in [4.78, 5) is 35.8. The fourth-order valence-electron chi connectivity index (χ4n) is 2.61. The first-order chi connectivity index (χ1) is 11.0. The van der Waals surface area contributed by atoms with Crippen LogP contribution >= 0.6 is 11.6 Å². The zero-order chi connectivity index (χ0) is 18.2. The van der Waals surface area contributed by atoms with E-state index in [1.54, 1.807) is 25.8 Å². The van der Waals surface area contributed by atoms with Gasteiger partial charge in [-0.15, -0.1) is 6.58 Å². The Bertz CT molecular complexity index is 625. The first-order valence-corrected chi connectivity index (χ1v) is 7.75. The molecule has 2 atom stereocenters. The van der Waals surface area contributed by atoms with E-state index in [0.717, 1.165) is 0 Å². The van der Waals surface area contributed by atoms with Gasteiger partial charge in [0.15, 0.2) is 0 Å². The van der Waals surface area contributed by atoms with E-state index in [0.29, 0.717) is 0 Å². The average molecular weight is 358 g/mol. The van der Waals surface area contributed by atoms with E-state index in [-0.39, 0.29) is 23.8 Å². The molecule has 1 saturated heterocycles. The number of fused-ring (bicyclic) bond motifs is 1. The molecule has 0 aliphatic carbocycles. The van der Waals surface area contributed by atoms with Crippen LogP contribution in [0.5, 0.6) is 0 Å². The van der Waals surface area contributed by atoms with E-state index in [1.807, 2.05) is 0 Å². The number of amides is 2. The number of aliphatic carboxylic acids is 1. The van der Waals surface area contributed by atoms with Crippen molar-refractivity contribution in [2.24, 2.45) is 5.92 Å². The van der Waals surface area contributed by atoms with Crippen molar-refractivity contribution in [2.75, 3.05) is 13.1 Å². The Labute approximate surface area is 144 Å². The number of rotatable bonds is 4. The third-order valence-electron chi connectivity index (χ3n) is 3.50. The maximum Gasteiger partial charge on any atom is 0.408 e. The van der Waals surface area contributed by atoms with E-state index in [4.69, 9.17) is 16.3 Å². The van der Waals surface area contributed by atoms with Gasteiger partial charge in [0.05, 0.1) is 17.3 Å². The highest BCUT2D eigenvalue weighted by molar-refractivity contribution is 6.30. The molecule has 0 spiro atoms. The molecule has 9 heteroatoms. The SMILES string of the molecule is C=CC(C(=O)O)C1=C(Cl)CN2C[C@H](NC(=O)OC(C)(C)C)C(=O)N12. The topological polar surface area (TPSA) is 99.2 Å². The van der Waals surface area contributed by atoms with Crippen molar-refractivity contribution in [2.45, 2.75) is 32.4 Å². The third kappa shape index (κ3) is 3.54. The molecule has 2 amide bonds. The van der Waals surface area contributed by atoms with Crippen LogP contribution in [0.25, 0.3) is 0 Å². The van der Waals surface area contributed by atoms with Gasteiger partial charge in [-0.1, -0.05) is 17.7 Å². The Morgan fingerprint density at radius 3 is 2.62 bits per heavy atom. The Morgan fingerprint density at radius 2 is 2.12 bits per heavy atom. The maximum absolute atomic E-state index is 12.6. The molecule has 8 nitrogen and oxygen atoms in total. The number of hydrogen-bond donors (Lipinski definition) is 2. The fraction of sp³-hybridized carbons (Fsp3) is 0.533. The van der Waals surface area contributed by atoms with Gasteiger partial charge in [0.1, 0.15) is 17.6 Å². The van der Waals surface area contributed by atoms with E-state index < -0.39 is 35.5 Å². The van der Waals surface area contributed by atoms with Crippen molar-refractivity contribution in [1.82, 2.24) is 15.3 Å². The number of hydrazine groups is 1. The molecular weight excluding hydrogens is 338 g/mol. The zero-order valence-corrected chi connectivity index (χ0v) is 14.5. The Morgan fingerprint density at radius 1 is 1.50 bits per heavy atom. The predicted octanol–water partition coefficient (Wildman–Crippen LogP) is 1.29. The first-order valence-electron chi connectivity index (χ1n) is 7.37. The van der Waals surface area contributed by atoms with Crippen LogP contribution < -0.4 is 5.32 Å². The fourth-order valence-corrected chi connectivity index (χ4v) is 2.94. The summed E-state index contributed by atoms with van der Waals surface area (Å²) < 4.78 is 5.14. The minimum absolute atomic E-state index is 0.164. The second kappa shape index (κ2) is 6.45. The molecule has 2 rings (SSSR count). The molecule has 0 saturated carbocycles. The van der Waals surface area contributed by atoms with E-state index in [2.05, 4.69) is 11.9 Å². The lowest BCUT2D eigenvalue weighted by molar-refractivity contribution is -0.141. The van der Waals surface area contributed by atoms with Crippen LogP contribution in [-0.4, -0.2) is 57.8 Å². The van der Waals surface area contributed by atoms with Gasteiger partial charge in [-0.3, -0.25) is 9.59 Å². The number of hydrogen-bond acceptors (Lipinski definition) is 5. The lowest BCUT2D eigenvalue weighted by Crippen LogP contribution is -2.45. The van der Waals surface area contributed by atoms with E-state index >= 15 is 0 Å². The molecule has 2 aliphatic rings. The minimum atomic E-state index is -1.16. The monoisotopic (exact) mass is 357 g/mol. The zero-order valence-electron chi connectivity index (χ0n) is 13.7. The second-order valence-electron chi connectivity index (χ2n) is 6.54. The first kappa shape index (κ1) is 18.3. The normalized spacial score (nSPS) is 22.4. The smallest absolute Gasteiger partial charge is 0.408 e. The molecule has 132 valence electrons. The molecule has 0 bridgehead atoms. The Balaban J connectivity index is 2.15. The van der Waals surface area contributed by atoms with Gasteiger partial charge in [-0.05, 0) is 20.8 Å². The highest BCUT2D eigenvalue weighted by atomic mass is 35.5. The number of nitrogens with zero attached hydrogens (tertiary/aromatic N) is 2. The van der Waals surface area contributed by atoms with Crippen molar-refractivity contribution in [3.63, 3.8) is 0 Å². The second-order valence-corrected chi connectivity index (χ2v) is 6.99. The van der Waals surface area contributed by atoms with Gasteiger partial charge in [-0.2, -0.15) is 0 Å². The lowest BCUT2D eigenvalue weighted by Gasteiger charge is -2.24. The number of halogens is 1. The van der Waals surface area contributed by atoms with Gasteiger partial charge >= 0.3 is 12.1 Å². The van der Waals surface area contributed by atoms with Crippen LogP contribution in [0.3, 0.4) is 0 Å². The van der Waals surface area contributed by atoms with Crippen LogP contribution in [0.1, 0.15) is 20.8 Å². The van der Waals surface area contributed by atoms with Crippen molar-refractivity contribution < 1.29 is 24.2 Å². The van der Waals surface area contributed by atoms with Gasteiger partial charge in [0.2, 0.25) is 0 Å². The summed E-state index contributed by atoms with van der Waals surface area (Å²) in [6.07, 6.45) is 0.504. The number of carboxylic acids is 1. The predicted molar refractivity (Wildman–Crippen MR) is 85.8 cm³/mol. The van der Waals surface area contributed by atoms with Crippen molar-refractivity contribution in [3.05, 3.63) is 23.4 Å². The van der Waals surface area contributed by atoms with Crippen LogP contribution in [0, 0.1) is 5.92 Å². The minimum Gasteiger partial charge on any atom is -0.481 e. The number of carbonyl (C=O) groups is 3. The summed E-state index contributed by atoms with van der Waals surface area (Å²) in [5, 5.41) is 14.9. The summed E-state index contributed by atoms with van der Waals surface area (Å²) in [6.45, 7) is 9.02. The summed E-state index contributed by atoms with van der Waals surface area (Å²) in [7, 11) is 0. The van der Waals surface area contributed by atoms with Gasteiger partial charge in [0.25, 0.3) is 5.91 Å². The molecule has 0 aromatic rings. The molecule has 24 heavy (non-hydrogen) atoms. The van der Waals surface area contributed by atoms with Crippen molar-refractivity contribution in [3.8, 4) is 0 Å². The lowest BCUT2D eigenvalue weighted by atomic mass is 10.1. The molecule has 0 aromatic carbocycles. The number of alkyl carbamates (subject to hydrolysis) is 1. The van der Waals surface area contributed by atoms with Crippen LogP contribution in [-0.2, 0) is 14.3 Å². The van der Waals surface area contributed by atoms with Crippen molar-refractivity contribution in [1.29, 1.82) is 0 Å². The highest BCUT2D eigenvalue weighted by Gasteiger charge is 2.48. The number of ether oxygens (including phenoxy) is 1. The molecular formula is C15H20ClN3O5. The molecule has 1 unspecified atom stereocenters. The molecule has 2 aliphatic heterocycles. The summed E-state index contributed by atoms with van der Waals surface area (Å²) in [5.74, 6) is -2.72. The largest absolute Gasteiger partial charge is 0.481 e. The Kier molecular flexibility index (Phi) is 4.91. The summed E-state index contributed by atoms with van der Waals surface area (Å²) in [6, 6.07) is -0.834. The molecule has 0 radical (unpaired) electrons. The molecule has 2 heterocycles. The third-order valence-corrected chi connectivity index (χ3v) is 3.81. The van der Waals surface area contributed by atoms with Crippen LogP contribution in [0.2, 0.25) is 0 Å². The van der Waals surface area contributed by atoms with Crippen molar-refractivity contribution >= 4 is 29.6 Å². The average Bonchev–Trinajstić information content (AvgIpc) is 2.86. The summed E-state index contributed by atoms with van der Waals surface area (Å²) >= 11 is 6.12. The molecule has 2 N–H and O–H groups in total. The number of carbonyl (C=O) groups excluding carboxylic acids is 2. The number of carboxylic acid groups (broad SMARTS) is 1. The summed E-state index contributed by atoms with van der Waals surface area (Å²) in [5.41, 5.74) is -0.522. The maximum atomic E-state index is 12.6. The van der Waals surface area contributed by atoms with E-state index in [9.17, 15) is 19.5 Å². The van der Waals surface area contributed by atoms with E-state index in [1.165, 1.54) is 11.1 Å². The molecule has 1 fully saturated rings.